The molecule has 28 heavy (non-hydrogen) atoms. The minimum absolute atomic E-state index is 0. The molecule has 0 amide bonds. The molecule has 1 saturated heterocycles. The highest BCUT2D eigenvalue weighted by Crippen LogP contribution is 2.29. The van der Waals surface area contributed by atoms with Gasteiger partial charge in [-0.15, -0.1) is 35.3 Å². The minimum Gasteiger partial charge on any atom is -0.357 e. The van der Waals surface area contributed by atoms with Crippen LogP contribution in [0.3, 0.4) is 0 Å². The Labute approximate surface area is 186 Å². The first-order chi connectivity index (χ1) is 12.9. The number of likely N-dealkylation sites (N-methyl/N-ethyl adjacent to an activating group) is 1. The Morgan fingerprint density at radius 2 is 1.86 bits per heavy atom. The average molecular weight is 534 g/mol. The molecule has 2 heterocycles. The zero-order valence-corrected chi connectivity index (χ0v) is 19.5. The molecule has 2 rings (SSSR count). The summed E-state index contributed by atoms with van der Waals surface area (Å²) in [6.07, 6.45) is -3.94. The van der Waals surface area contributed by atoms with Gasteiger partial charge in [0.05, 0.1) is 11.6 Å². The van der Waals surface area contributed by atoms with Crippen LogP contribution in [0.25, 0.3) is 0 Å². The first kappa shape index (κ1) is 25.4. The van der Waals surface area contributed by atoms with E-state index in [1.165, 1.54) is 0 Å². The number of aromatic nitrogens is 1. The summed E-state index contributed by atoms with van der Waals surface area (Å²) >= 11 is 1.04. The first-order valence-corrected chi connectivity index (χ1v) is 10.3. The molecule has 1 aromatic rings. The molecule has 162 valence electrons. The molecule has 1 fully saturated rings. The lowest BCUT2D eigenvalue weighted by atomic mass is 10.3. The van der Waals surface area contributed by atoms with Gasteiger partial charge in [-0.1, -0.05) is 6.92 Å². The van der Waals surface area contributed by atoms with Crippen LogP contribution in [0.2, 0.25) is 0 Å². The van der Waals surface area contributed by atoms with Gasteiger partial charge >= 0.3 is 6.18 Å². The van der Waals surface area contributed by atoms with Crippen molar-refractivity contribution in [2.24, 2.45) is 4.99 Å². The van der Waals surface area contributed by atoms with Gasteiger partial charge in [-0.25, -0.2) is 4.98 Å². The number of guanidine groups is 1. The number of aliphatic imine (C=N–C) groups is 1. The van der Waals surface area contributed by atoms with E-state index in [2.05, 4.69) is 37.3 Å². The molecule has 0 aliphatic carbocycles. The van der Waals surface area contributed by atoms with Crippen molar-refractivity contribution in [3.63, 3.8) is 0 Å². The SMILES string of the molecule is CCNC(=NCCN1CCN(CC)CC1)NCCc1nc(C(F)(F)F)cs1.I. The van der Waals surface area contributed by atoms with E-state index < -0.39 is 11.9 Å². The molecule has 0 aromatic carbocycles. The second-order valence-electron chi connectivity index (χ2n) is 6.34. The molecule has 2 N–H and O–H groups in total. The number of piperazine rings is 1. The van der Waals surface area contributed by atoms with E-state index >= 15 is 0 Å². The molecule has 0 spiro atoms. The van der Waals surface area contributed by atoms with Crippen molar-refractivity contribution in [1.82, 2.24) is 25.4 Å². The summed E-state index contributed by atoms with van der Waals surface area (Å²) in [6, 6.07) is 0. The van der Waals surface area contributed by atoms with Crippen LogP contribution in [0.1, 0.15) is 24.5 Å². The third-order valence-electron chi connectivity index (χ3n) is 4.42. The lowest BCUT2D eigenvalue weighted by Gasteiger charge is -2.33. The Morgan fingerprint density at radius 1 is 1.18 bits per heavy atom. The summed E-state index contributed by atoms with van der Waals surface area (Å²) in [6.45, 7) is 12.4. The molecule has 11 heteroatoms. The molecule has 1 aromatic heterocycles. The highest BCUT2D eigenvalue weighted by atomic mass is 127. The van der Waals surface area contributed by atoms with E-state index in [1.54, 1.807) is 0 Å². The number of thiazole rings is 1. The lowest BCUT2D eigenvalue weighted by Crippen LogP contribution is -2.47. The van der Waals surface area contributed by atoms with Gasteiger partial charge in [-0.2, -0.15) is 13.2 Å². The Bertz CT molecular complexity index is 588. The van der Waals surface area contributed by atoms with E-state index in [0.717, 1.165) is 62.5 Å². The maximum Gasteiger partial charge on any atom is 0.434 e. The average Bonchev–Trinajstić information content (AvgIpc) is 3.12. The van der Waals surface area contributed by atoms with Crippen molar-refractivity contribution in [2.75, 3.05) is 58.9 Å². The summed E-state index contributed by atoms with van der Waals surface area (Å²) in [4.78, 5) is 13.1. The van der Waals surface area contributed by atoms with Crippen molar-refractivity contribution < 1.29 is 13.2 Å². The molecule has 0 atom stereocenters. The molecular formula is C17H30F3IN6S. The molecule has 0 bridgehead atoms. The fourth-order valence-corrected chi connectivity index (χ4v) is 3.62. The monoisotopic (exact) mass is 534 g/mol. The Hall–Kier alpha value is -0.660. The van der Waals surface area contributed by atoms with E-state index in [4.69, 9.17) is 0 Å². The minimum atomic E-state index is -4.37. The zero-order chi connectivity index (χ0) is 19.7. The Morgan fingerprint density at radius 3 is 2.43 bits per heavy atom. The summed E-state index contributed by atoms with van der Waals surface area (Å²) in [5.41, 5.74) is -0.814. The number of nitrogens with zero attached hydrogens (tertiary/aromatic N) is 4. The topological polar surface area (TPSA) is 55.8 Å². The van der Waals surface area contributed by atoms with Gasteiger partial charge in [0.1, 0.15) is 0 Å². The molecule has 1 aliphatic heterocycles. The normalized spacial score (nSPS) is 16.7. The van der Waals surface area contributed by atoms with Gasteiger partial charge in [0.2, 0.25) is 0 Å². The first-order valence-electron chi connectivity index (χ1n) is 9.40. The number of rotatable bonds is 8. The van der Waals surface area contributed by atoms with E-state index in [-0.39, 0.29) is 24.0 Å². The Kier molecular flexibility index (Phi) is 11.6. The largest absolute Gasteiger partial charge is 0.434 e. The van der Waals surface area contributed by atoms with Crippen molar-refractivity contribution in [3.8, 4) is 0 Å². The van der Waals surface area contributed by atoms with Gasteiger partial charge in [0.15, 0.2) is 11.7 Å². The van der Waals surface area contributed by atoms with Gasteiger partial charge in [-0.3, -0.25) is 9.89 Å². The maximum atomic E-state index is 12.6. The predicted octanol–water partition coefficient (Wildman–Crippen LogP) is 2.52. The summed E-state index contributed by atoms with van der Waals surface area (Å²) in [5.74, 6) is 0.692. The predicted molar refractivity (Wildman–Crippen MR) is 119 cm³/mol. The van der Waals surface area contributed by atoms with Crippen molar-refractivity contribution >= 4 is 41.3 Å². The van der Waals surface area contributed by atoms with E-state index in [1.807, 2.05) is 6.92 Å². The number of alkyl halides is 3. The van der Waals surface area contributed by atoms with Crippen LogP contribution < -0.4 is 10.6 Å². The number of hydrogen-bond acceptors (Lipinski definition) is 5. The number of halogens is 4. The standard InChI is InChI=1S/C17H29F3N6S.HI/c1-3-21-16(23-7-8-26-11-9-25(4-2)10-12-26)22-6-5-15-24-14(13-27-15)17(18,19)20;/h13H,3-12H2,1-2H3,(H2,21,22,23);1H. The maximum absolute atomic E-state index is 12.6. The van der Waals surface area contributed by atoms with Crippen LogP contribution in [0, 0.1) is 0 Å². The van der Waals surface area contributed by atoms with Crippen LogP contribution >= 0.6 is 35.3 Å². The smallest absolute Gasteiger partial charge is 0.357 e. The quantitative estimate of drug-likeness (QED) is 0.305. The fourth-order valence-electron chi connectivity index (χ4n) is 2.82. The molecular weight excluding hydrogens is 504 g/mol. The van der Waals surface area contributed by atoms with Crippen LogP contribution in [0.15, 0.2) is 10.4 Å². The second kappa shape index (κ2) is 12.8. The lowest BCUT2D eigenvalue weighted by molar-refractivity contribution is -0.140. The van der Waals surface area contributed by atoms with E-state index in [9.17, 15) is 13.2 Å². The van der Waals surface area contributed by atoms with E-state index in [0.29, 0.717) is 30.5 Å². The number of nitrogens with one attached hydrogen (secondary N) is 2. The number of hydrogen-bond donors (Lipinski definition) is 2. The summed E-state index contributed by atoms with van der Waals surface area (Å²) in [7, 11) is 0. The van der Waals surface area contributed by atoms with Gasteiger partial charge in [0, 0.05) is 57.6 Å². The molecule has 0 saturated carbocycles. The van der Waals surface area contributed by atoms with Crippen LogP contribution in [0.5, 0.6) is 0 Å². The van der Waals surface area contributed by atoms with Crippen LogP contribution in [-0.4, -0.2) is 79.6 Å². The van der Waals surface area contributed by atoms with Crippen LogP contribution in [-0.2, 0) is 12.6 Å². The molecule has 0 unspecified atom stereocenters. The fraction of sp³-hybridized carbons (Fsp3) is 0.765. The van der Waals surface area contributed by atoms with Crippen molar-refractivity contribution in [3.05, 3.63) is 16.1 Å². The van der Waals surface area contributed by atoms with Gasteiger partial charge < -0.3 is 15.5 Å². The van der Waals surface area contributed by atoms with Crippen molar-refractivity contribution in [2.45, 2.75) is 26.4 Å². The third-order valence-corrected chi connectivity index (χ3v) is 5.32. The van der Waals surface area contributed by atoms with Crippen LogP contribution in [0.4, 0.5) is 13.2 Å². The second-order valence-corrected chi connectivity index (χ2v) is 7.28. The molecule has 6 nitrogen and oxygen atoms in total. The van der Waals surface area contributed by atoms with Gasteiger partial charge in [0.25, 0.3) is 0 Å². The molecule has 0 radical (unpaired) electrons. The summed E-state index contributed by atoms with van der Waals surface area (Å²) in [5, 5.41) is 7.87. The van der Waals surface area contributed by atoms with Crippen molar-refractivity contribution in [1.29, 1.82) is 0 Å². The Balaban J connectivity index is 0.00000392. The highest BCUT2D eigenvalue weighted by molar-refractivity contribution is 14.0. The third kappa shape index (κ3) is 8.78. The summed E-state index contributed by atoms with van der Waals surface area (Å²) < 4.78 is 37.7. The van der Waals surface area contributed by atoms with Gasteiger partial charge in [-0.05, 0) is 13.5 Å². The highest BCUT2D eigenvalue weighted by Gasteiger charge is 2.33. The zero-order valence-electron chi connectivity index (χ0n) is 16.4. The molecule has 1 aliphatic rings.